The number of para-hydroxylation sites is 1. The molecule has 214 valence electrons. The Morgan fingerprint density at radius 1 is 0.837 bits per heavy atom. The van der Waals surface area contributed by atoms with E-state index in [0.29, 0.717) is 40.8 Å². The number of carbonyl (C=O) groups excluding carboxylic acids is 2. The highest BCUT2D eigenvalue weighted by Gasteiger charge is 2.28. The SMILES string of the molecule is NC(=O)c1c(-c2ccccc2)cccc1-c1ccc(C(=O)N2Cc3ccc(CC[N+](=O)[O-])n3Cc3ccccc32)c(Cl)c1. The Morgan fingerprint density at radius 2 is 1.56 bits per heavy atom. The molecule has 4 aromatic carbocycles. The number of rotatable bonds is 7. The maximum atomic E-state index is 14.1. The van der Waals surface area contributed by atoms with E-state index in [1.165, 1.54) is 0 Å². The van der Waals surface area contributed by atoms with Crippen LogP contribution in [0.5, 0.6) is 0 Å². The predicted octanol–water partition coefficient (Wildman–Crippen LogP) is 6.60. The number of halogens is 1. The van der Waals surface area contributed by atoms with E-state index >= 15 is 0 Å². The van der Waals surface area contributed by atoms with Crippen molar-refractivity contribution < 1.29 is 14.5 Å². The first-order chi connectivity index (χ1) is 20.8. The van der Waals surface area contributed by atoms with Crippen LogP contribution in [0.3, 0.4) is 0 Å². The fraction of sp³-hybridized carbons (Fsp3) is 0.118. The molecule has 0 spiro atoms. The van der Waals surface area contributed by atoms with E-state index in [1.807, 2.05) is 89.5 Å². The van der Waals surface area contributed by atoms with Crippen molar-refractivity contribution >= 4 is 29.1 Å². The van der Waals surface area contributed by atoms with Gasteiger partial charge in [-0.3, -0.25) is 19.7 Å². The Bertz CT molecular complexity index is 1880. The minimum atomic E-state index is -0.563. The molecule has 6 rings (SSSR count). The van der Waals surface area contributed by atoms with E-state index in [4.69, 9.17) is 17.3 Å². The summed E-state index contributed by atoms with van der Waals surface area (Å²) in [5.74, 6) is -0.842. The summed E-state index contributed by atoms with van der Waals surface area (Å²) in [6, 6.07) is 31.6. The Kier molecular flexibility index (Phi) is 7.52. The fourth-order valence-corrected chi connectivity index (χ4v) is 6.01. The summed E-state index contributed by atoms with van der Waals surface area (Å²) in [6.07, 6.45) is 0.301. The van der Waals surface area contributed by atoms with Crippen LogP contribution in [0.25, 0.3) is 22.3 Å². The van der Waals surface area contributed by atoms with Gasteiger partial charge >= 0.3 is 0 Å². The summed E-state index contributed by atoms with van der Waals surface area (Å²) in [5, 5.41) is 11.3. The maximum absolute atomic E-state index is 14.1. The zero-order valence-corrected chi connectivity index (χ0v) is 23.8. The molecule has 0 aliphatic carbocycles. The van der Waals surface area contributed by atoms with Gasteiger partial charge in [0.1, 0.15) is 0 Å². The van der Waals surface area contributed by atoms with E-state index in [-0.39, 0.29) is 28.9 Å². The maximum Gasteiger partial charge on any atom is 0.260 e. The van der Waals surface area contributed by atoms with Gasteiger partial charge in [0.05, 0.1) is 29.1 Å². The molecule has 2 heterocycles. The molecule has 5 aromatic rings. The average Bonchev–Trinajstić information content (AvgIpc) is 3.30. The Hall–Kier alpha value is -5.21. The summed E-state index contributed by atoms with van der Waals surface area (Å²) in [7, 11) is 0. The number of fused-ring (bicyclic) bond motifs is 2. The predicted molar refractivity (Wildman–Crippen MR) is 167 cm³/mol. The van der Waals surface area contributed by atoms with Crippen molar-refractivity contribution in [3.05, 3.63) is 146 Å². The van der Waals surface area contributed by atoms with Gasteiger partial charge in [-0.1, -0.05) is 84.4 Å². The number of primary amides is 1. The average molecular weight is 591 g/mol. The standard InChI is InChI=1S/C34H27ClN4O4/c35-30-19-23(28-11-6-10-27(32(28)33(36)40)22-7-2-1-3-8-22)13-16-29(30)34(41)38-21-26-15-14-25(17-18-39(42)43)37(26)20-24-9-4-5-12-31(24)38/h1-16,19H,17-18,20-21H2,(H2,36,40). The van der Waals surface area contributed by atoms with Gasteiger partial charge in [-0.2, -0.15) is 0 Å². The van der Waals surface area contributed by atoms with Gasteiger partial charge in [0, 0.05) is 28.5 Å². The molecule has 0 atom stereocenters. The van der Waals surface area contributed by atoms with Crippen LogP contribution in [0, 0.1) is 10.1 Å². The number of benzene rings is 4. The number of carbonyl (C=O) groups is 2. The number of nitro groups is 1. The van der Waals surface area contributed by atoms with Crippen LogP contribution in [0.2, 0.25) is 5.02 Å². The lowest BCUT2D eigenvalue weighted by Gasteiger charge is -2.23. The number of aromatic nitrogens is 1. The lowest BCUT2D eigenvalue weighted by molar-refractivity contribution is -0.479. The molecule has 0 saturated carbocycles. The molecule has 1 aliphatic rings. The topological polar surface area (TPSA) is 111 Å². The first kappa shape index (κ1) is 27.9. The van der Waals surface area contributed by atoms with Crippen molar-refractivity contribution in [2.75, 3.05) is 11.4 Å². The molecular formula is C34H27ClN4O4. The molecule has 0 fully saturated rings. The van der Waals surface area contributed by atoms with E-state index in [1.54, 1.807) is 23.1 Å². The molecule has 1 aromatic heterocycles. The lowest BCUT2D eigenvalue weighted by atomic mass is 9.91. The summed E-state index contributed by atoms with van der Waals surface area (Å²) >= 11 is 6.79. The molecule has 43 heavy (non-hydrogen) atoms. The summed E-state index contributed by atoms with van der Waals surface area (Å²) in [5.41, 5.74) is 12.8. The Morgan fingerprint density at radius 3 is 2.28 bits per heavy atom. The fourth-order valence-electron chi connectivity index (χ4n) is 5.75. The number of hydrogen-bond acceptors (Lipinski definition) is 4. The molecule has 8 nitrogen and oxygen atoms in total. The molecule has 2 N–H and O–H groups in total. The molecule has 1 aliphatic heterocycles. The van der Waals surface area contributed by atoms with Crippen LogP contribution in [0.15, 0.2) is 103 Å². The monoisotopic (exact) mass is 590 g/mol. The first-order valence-electron chi connectivity index (χ1n) is 13.8. The minimum Gasteiger partial charge on any atom is -0.366 e. The van der Waals surface area contributed by atoms with Gasteiger partial charge in [0.15, 0.2) is 0 Å². The van der Waals surface area contributed by atoms with Gasteiger partial charge in [0.25, 0.3) is 5.91 Å². The van der Waals surface area contributed by atoms with Crippen molar-refractivity contribution in [2.24, 2.45) is 5.73 Å². The van der Waals surface area contributed by atoms with Crippen molar-refractivity contribution in [3.63, 3.8) is 0 Å². The summed E-state index contributed by atoms with van der Waals surface area (Å²) < 4.78 is 2.05. The Balaban J connectivity index is 1.37. The smallest absolute Gasteiger partial charge is 0.260 e. The quantitative estimate of drug-likeness (QED) is 0.170. The summed E-state index contributed by atoms with van der Waals surface area (Å²) in [4.78, 5) is 39.2. The van der Waals surface area contributed by atoms with Crippen LogP contribution in [0.1, 0.15) is 37.7 Å². The normalized spacial score (nSPS) is 12.3. The van der Waals surface area contributed by atoms with Crippen molar-refractivity contribution in [2.45, 2.75) is 19.5 Å². The highest BCUT2D eigenvalue weighted by Crippen LogP contribution is 2.36. The zero-order chi connectivity index (χ0) is 30.1. The first-order valence-corrected chi connectivity index (χ1v) is 14.2. The third-order valence-corrected chi connectivity index (χ3v) is 8.11. The van der Waals surface area contributed by atoms with Crippen LogP contribution >= 0.6 is 11.6 Å². The minimum absolute atomic E-state index is 0.165. The third-order valence-electron chi connectivity index (χ3n) is 7.79. The van der Waals surface area contributed by atoms with E-state index < -0.39 is 5.91 Å². The number of nitrogens with two attached hydrogens (primary N) is 1. The van der Waals surface area contributed by atoms with E-state index in [9.17, 15) is 19.7 Å². The number of amides is 2. The Labute approximate surface area is 253 Å². The third kappa shape index (κ3) is 5.40. The molecule has 2 amide bonds. The second kappa shape index (κ2) is 11.6. The van der Waals surface area contributed by atoms with Crippen molar-refractivity contribution in [1.82, 2.24) is 4.57 Å². The molecular weight excluding hydrogens is 564 g/mol. The highest BCUT2D eigenvalue weighted by atomic mass is 35.5. The van der Waals surface area contributed by atoms with Crippen LogP contribution in [-0.2, 0) is 19.5 Å². The van der Waals surface area contributed by atoms with Gasteiger partial charge in [0.2, 0.25) is 12.5 Å². The summed E-state index contributed by atoms with van der Waals surface area (Å²) in [6.45, 7) is 0.606. The van der Waals surface area contributed by atoms with Gasteiger partial charge in [-0.15, -0.1) is 0 Å². The molecule has 0 unspecified atom stereocenters. The second-order valence-electron chi connectivity index (χ2n) is 10.4. The zero-order valence-electron chi connectivity index (χ0n) is 23.1. The molecule has 0 radical (unpaired) electrons. The van der Waals surface area contributed by atoms with Crippen molar-refractivity contribution in [1.29, 1.82) is 0 Å². The van der Waals surface area contributed by atoms with Crippen LogP contribution < -0.4 is 10.6 Å². The van der Waals surface area contributed by atoms with Crippen LogP contribution in [0.4, 0.5) is 5.69 Å². The van der Waals surface area contributed by atoms with E-state index in [0.717, 1.165) is 28.2 Å². The van der Waals surface area contributed by atoms with Crippen LogP contribution in [-0.4, -0.2) is 27.8 Å². The molecule has 0 saturated heterocycles. The highest BCUT2D eigenvalue weighted by molar-refractivity contribution is 6.35. The number of anilines is 1. The molecule has 9 heteroatoms. The van der Waals surface area contributed by atoms with Gasteiger partial charge in [-0.05, 0) is 58.1 Å². The lowest BCUT2D eigenvalue weighted by Crippen LogP contribution is -2.30. The number of hydrogen-bond donors (Lipinski definition) is 1. The van der Waals surface area contributed by atoms with Gasteiger partial charge < -0.3 is 15.2 Å². The largest absolute Gasteiger partial charge is 0.366 e. The second-order valence-corrected chi connectivity index (χ2v) is 10.8. The van der Waals surface area contributed by atoms with Crippen molar-refractivity contribution in [3.8, 4) is 22.3 Å². The van der Waals surface area contributed by atoms with E-state index in [2.05, 4.69) is 0 Å². The molecule has 0 bridgehead atoms. The number of nitrogens with zero attached hydrogens (tertiary/aromatic N) is 3. The van der Waals surface area contributed by atoms with Gasteiger partial charge in [-0.25, -0.2) is 0 Å².